The lowest BCUT2D eigenvalue weighted by molar-refractivity contribution is -0.127. The molecule has 0 saturated heterocycles. The second-order valence-corrected chi connectivity index (χ2v) is 6.39. The van der Waals surface area contributed by atoms with E-state index >= 15 is 0 Å². The second kappa shape index (κ2) is 5.88. The zero-order valence-corrected chi connectivity index (χ0v) is 12.8. The van der Waals surface area contributed by atoms with Crippen molar-refractivity contribution in [2.75, 3.05) is 0 Å². The van der Waals surface area contributed by atoms with Gasteiger partial charge in [0.2, 0.25) is 5.91 Å². The number of fused-ring (bicyclic) bond motifs is 1. The number of hydrogen-bond acceptors (Lipinski definition) is 2. The number of amides is 1. The molecule has 0 aliphatic heterocycles. The Morgan fingerprint density at radius 3 is 2.81 bits per heavy atom. The van der Waals surface area contributed by atoms with E-state index in [9.17, 15) is 4.79 Å². The van der Waals surface area contributed by atoms with Crippen molar-refractivity contribution in [3.05, 3.63) is 30.0 Å². The van der Waals surface area contributed by atoms with E-state index < -0.39 is 0 Å². The molecule has 0 bridgehead atoms. The van der Waals surface area contributed by atoms with E-state index in [1.807, 2.05) is 12.1 Å². The molecule has 1 aliphatic carbocycles. The lowest BCUT2D eigenvalue weighted by Gasteiger charge is -2.23. The maximum atomic E-state index is 12.0. The fourth-order valence-corrected chi connectivity index (χ4v) is 2.80. The van der Waals surface area contributed by atoms with Crippen LogP contribution in [0.1, 0.15) is 38.8 Å². The molecule has 0 unspecified atom stereocenters. The van der Waals surface area contributed by atoms with Gasteiger partial charge in [-0.05, 0) is 24.8 Å². The van der Waals surface area contributed by atoms with Gasteiger partial charge < -0.3 is 5.32 Å². The summed E-state index contributed by atoms with van der Waals surface area (Å²) in [5, 5.41) is 8.90. The Balaban J connectivity index is 1.79. The molecule has 0 radical (unpaired) electrons. The second-order valence-electron chi connectivity index (χ2n) is 6.39. The van der Waals surface area contributed by atoms with Crippen LogP contribution in [0.4, 0.5) is 0 Å². The monoisotopic (exact) mass is 285 g/mol. The molecular formula is C17H23N3O. The van der Waals surface area contributed by atoms with Gasteiger partial charge in [0.1, 0.15) is 0 Å². The Morgan fingerprint density at radius 2 is 2.14 bits per heavy atom. The van der Waals surface area contributed by atoms with E-state index in [-0.39, 0.29) is 11.8 Å². The predicted molar refractivity (Wildman–Crippen MR) is 83.8 cm³/mol. The third-order valence-electron chi connectivity index (χ3n) is 4.18. The van der Waals surface area contributed by atoms with Gasteiger partial charge in [0.15, 0.2) is 0 Å². The van der Waals surface area contributed by atoms with Gasteiger partial charge in [-0.1, -0.05) is 38.5 Å². The van der Waals surface area contributed by atoms with Crippen LogP contribution < -0.4 is 5.32 Å². The van der Waals surface area contributed by atoms with Crippen molar-refractivity contribution in [3.63, 3.8) is 0 Å². The van der Waals surface area contributed by atoms with Gasteiger partial charge in [-0.3, -0.25) is 9.48 Å². The summed E-state index contributed by atoms with van der Waals surface area (Å²) in [5.74, 6) is 0.962. The van der Waals surface area contributed by atoms with E-state index in [0.717, 1.165) is 36.0 Å². The average Bonchev–Trinajstić information content (AvgIpc) is 2.72. The van der Waals surface area contributed by atoms with Crippen molar-refractivity contribution >= 4 is 16.8 Å². The molecule has 3 rings (SSSR count). The summed E-state index contributed by atoms with van der Waals surface area (Å²) >= 11 is 0. The molecule has 21 heavy (non-hydrogen) atoms. The first-order valence-corrected chi connectivity index (χ1v) is 7.87. The standard InChI is InChI=1S/C17H23N3O/c1-12(2)11-20-16-9-4-3-8-14(16)15(19-20)10-18-17(21)13-6-5-7-13/h3-4,8-9,12-13H,5-7,10-11H2,1-2H3,(H,18,21). The normalized spacial score (nSPS) is 15.4. The third-order valence-corrected chi connectivity index (χ3v) is 4.18. The fourth-order valence-electron chi connectivity index (χ4n) is 2.80. The van der Waals surface area contributed by atoms with Crippen LogP contribution in [0.5, 0.6) is 0 Å². The molecule has 2 aromatic rings. The van der Waals surface area contributed by atoms with E-state index in [1.54, 1.807) is 0 Å². The van der Waals surface area contributed by atoms with Crippen molar-refractivity contribution in [2.24, 2.45) is 11.8 Å². The minimum Gasteiger partial charge on any atom is -0.350 e. The number of aromatic nitrogens is 2. The van der Waals surface area contributed by atoms with Gasteiger partial charge >= 0.3 is 0 Å². The predicted octanol–water partition coefficient (Wildman–Crippen LogP) is 3.11. The van der Waals surface area contributed by atoms with Gasteiger partial charge in [0, 0.05) is 17.8 Å². The molecule has 1 saturated carbocycles. The van der Waals surface area contributed by atoms with Crippen LogP contribution in [-0.4, -0.2) is 15.7 Å². The number of rotatable bonds is 5. The molecule has 0 spiro atoms. The number of para-hydroxylation sites is 1. The molecule has 1 aromatic heterocycles. The molecular weight excluding hydrogens is 262 g/mol. The molecule has 1 fully saturated rings. The highest BCUT2D eigenvalue weighted by atomic mass is 16.1. The maximum Gasteiger partial charge on any atom is 0.223 e. The zero-order chi connectivity index (χ0) is 14.8. The fraction of sp³-hybridized carbons (Fsp3) is 0.529. The van der Waals surface area contributed by atoms with Gasteiger partial charge in [-0.15, -0.1) is 0 Å². The van der Waals surface area contributed by atoms with Crippen LogP contribution in [0.3, 0.4) is 0 Å². The number of nitrogens with one attached hydrogen (secondary N) is 1. The highest BCUT2D eigenvalue weighted by Crippen LogP contribution is 2.26. The van der Waals surface area contributed by atoms with Gasteiger partial charge in [-0.25, -0.2) is 0 Å². The van der Waals surface area contributed by atoms with Crippen molar-refractivity contribution < 1.29 is 4.79 Å². The molecule has 0 atom stereocenters. The van der Waals surface area contributed by atoms with Gasteiger partial charge in [-0.2, -0.15) is 5.10 Å². The summed E-state index contributed by atoms with van der Waals surface area (Å²) in [6.07, 6.45) is 3.26. The van der Waals surface area contributed by atoms with E-state index in [1.165, 1.54) is 6.42 Å². The van der Waals surface area contributed by atoms with Crippen LogP contribution in [0.25, 0.3) is 10.9 Å². The van der Waals surface area contributed by atoms with Crippen LogP contribution in [0, 0.1) is 11.8 Å². The molecule has 1 heterocycles. The highest BCUT2D eigenvalue weighted by molar-refractivity contribution is 5.83. The number of nitrogens with zero attached hydrogens (tertiary/aromatic N) is 2. The Hall–Kier alpha value is -1.84. The van der Waals surface area contributed by atoms with Crippen molar-refractivity contribution in [2.45, 2.75) is 46.2 Å². The summed E-state index contributed by atoms with van der Waals surface area (Å²) < 4.78 is 2.06. The summed E-state index contributed by atoms with van der Waals surface area (Å²) in [6, 6.07) is 8.25. The first kappa shape index (κ1) is 14.1. The zero-order valence-electron chi connectivity index (χ0n) is 12.8. The summed E-state index contributed by atoms with van der Waals surface area (Å²) in [5.41, 5.74) is 2.12. The minimum atomic E-state index is 0.184. The number of carbonyl (C=O) groups excluding carboxylic acids is 1. The molecule has 1 aromatic carbocycles. The number of benzene rings is 1. The molecule has 1 N–H and O–H groups in total. The third kappa shape index (κ3) is 2.94. The van der Waals surface area contributed by atoms with Gasteiger partial charge in [0.25, 0.3) is 0 Å². The van der Waals surface area contributed by atoms with Crippen LogP contribution in [-0.2, 0) is 17.9 Å². The van der Waals surface area contributed by atoms with Gasteiger partial charge in [0.05, 0.1) is 17.8 Å². The smallest absolute Gasteiger partial charge is 0.223 e. The number of carbonyl (C=O) groups is 1. The quantitative estimate of drug-likeness (QED) is 0.917. The topological polar surface area (TPSA) is 46.9 Å². The Morgan fingerprint density at radius 1 is 1.38 bits per heavy atom. The largest absolute Gasteiger partial charge is 0.350 e. The molecule has 112 valence electrons. The minimum absolute atomic E-state index is 0.184. The lowest BCUT2D eigenvalue weighted by Crippen LogP contribution is -2.34. The van der Waals surface area contributed by atoms with Crippen molar-refractivity contribution in [1.29, 1.82) is 0 Å². The highest BCUT2D eigenvalue weighted by Gasteiger charge is 2.25. The van der Waals surface area contributed by atoms with Crippen LogP contribution in [0.2, 0.25) is 0 Å². The summed E-state index contributed by atoms with van der Waals surface area (Å²) in [6.45, 7) is 5.81. The first-order valence-electron chi connectivity index (χ1n) is 7.87. The molecule has 1 amide bonds. The maximum absolute atomic E-state index is 12.0. The summed E-state index contributed by atoms with van der Waals surface area (Å²) in [7, 11) is 0. The Labute approximate surface area is 125 Å². The molecule has 4 heteroatoms. The average molecular weight is 285 g/mol. The lowest BCUT2D eigenvalue weighted by atomic mass is 9.85. The van der Waals surface area contributed by atoms with Crippen LogP contribution in [0.15, 0.2) is 24.3 Å². The van der Waals surface area contributed by atoms with E-state index in [0.29, 0.717) is 12.5 Å². The SMILES string of the molecule is CC(C)Cn1nc(CNC(=O)C2CCC2)c2ccccc21. The number of hydrogen-bond donors (Lipinski definition) is 1. The Bertz CT molecular complexity index is 641. The van der Waals surface area contributed by atoms with E-state index in [4.69, 9.17) is 5.10 Å². The first-order chi connectivity index (χ1) is 10.1. The van der Waals surface area contributed by atoms with Crippen LogP contribution >= 0.6 is 0 Å². The summed E-state index contributed by atoms with van der Waals surface area (Å²) in [4.78, 5) is 12.0. The van der Waals surface area contributed by atoms with Crippen molar-refractivity contribution in [1.82, 2.24) is 15.1 Å². The van der Waals surface area contributed by atoms with E-state index in [2.05, 4.69) is 36.0 Å². The Kier molecular flexibility index (Phi) is 3.95. The molecule has 1 aliphatic rings. The molecule has 4 nitrogen and oxygen atoms in total. The van der Waals surface area contributed by atoms with Crippen molar-refractivity contribution in [3.8, 4) is 0 Å².